The summed E-state index contributed by atoms with van der Waals surface area (Å²) in [5.74, 6) is 2.35. The SMILES string of the molecule is NC(c1cc(Cl)ccc1Cl)C1C2CCCC21. The van der Waals surface area contributed by atoms with E-state index in [0.717, 1.165) is 27.4 Å². The minimum Gasteiger partial charge on any atom is -0.324 e. The zero-order valence-corrected chi connectivity index (χ0v) is 10.5. The third-order valence-electron chi connectivity index (χ3n) is 4.20. The van der Waals surface area contributed by atoms with Crippen LogP contribution in [0.4, 0.5) is 0 Å². The van der Waals surface area contributed by atoms with Crippen LogP contribution in [0.5, 0.6) is 0 Å². The summed E-state index contributed by atoms with van der Waals surface area (Å²) < 4.78 is 0. The Bertz CT molecular complexity index is 408. The molecule has 0 amide bonds. The van der Waals surface area contributed by atoms with Crippen LogP contribution in [-0.4, -0.2) is 0 Å². The summed E-state index contributed by atoms with van der Waals surface area (Å²) in [4.78, 5) is 0. The summed E-state index contributed by atoms with van der Waals surface area (Å²) in [6.45, 7) is 0. The average Bonchev–Trinajstić information content (AvgIpc) is 2.74. The molecular formula is C13H15Cl2N. The molecule has 0 bridgehead atoms. The molecule has 2 aliphatic rings. The molecule has 1 aromatic rings. The molecule has 2 N–H and O–H groups in total. The standard InChI is InChI=1S/C13H15Cl2N/c14-7-4-5-11(15)10(6-7)13(16)12-8-2-1-3-9(8)12/h4-6,8-9,12-13H,1-3,16H2. The van der Waals surface area contributed by atoms with Gasteiger partial charge in [0.05, 0.1) is 0 Å². The number of nitrogens with two attached hydrogens (primary N) is 1. The predicted octanol–water partition coefficient (Wildman–Crippen LogP) is 4.04. The van der Waals surface area contributed by atoms with Gasteiger partial charge in [-0.25, -0.2) is 0 Å². The molecule has 1 aromatic carbocycles. The van der Waals surface area contributed by atoms with Crippen LogP contribution in [-0.2, 0) is 0 Å². The van der Waals surface area contributed by atoms with Crippen LogP contribution < -0.4 is 5.73 Å². The lowest BCUT2D eigenvalue weighted by Gasteiger charge is -2.16. The molecule has 0 heterocycles. The second-order valence-corrected chi connectivity index (χ2v) is 5.87. The van der Waals surface area contributed by atoms with Gasteiger partial charge in [0.1, 0.15) is 0 Å². The number of rotatable bonds is 2. The van der Waals surface area contributed by atoms with Crippen molar-refractivity contribution in [2.24, 2.45) is 23.5 Å². The average molecular weight is 256 g/mol. The fourth-order valence-electron chi connectivity index (χ4n) is 3.39. The number of halogens is 2. The lowest BCUT2D eigenvalue weighted by Crippen LogP contribution is -2.16. The van der Waals surface area contributed by atoms with Crippen LogP contribution >= 0.6 is 23.2 Å². The van der Waals surface area contributed by atoms with Gasteiger partial charge in [-0.3, -0.25) is 0 Å². The van der Waals surface area contributed by atoms with E-state index in [1.54, 1.807) is 0 Å². The second-order valence-electron chi connectivity index (χ2n) is 5.03. The van der Waals surface area contributed by atoms with E-state index in [1.165, 1.54) is 19.3 Å². The maximum atomic E-state index is 6.32. The third kappa shape index (κ3) is 1.66. The van der Waals surface area contributed by atoms with E-state index in [0.29, 0.717) is 5.92 Å². The first-order valence-corrected chi connectivity index (χ1v) is 6.64. The molecule has 3 heteroatoms. The predicted molar refractivity (Wildman–Crippen MR) is 67.7 cm³/mol. The van der Waals surface area contributed by atoms with Crippen molar-refractivity contribution in [1.82, 2.24) is 0 Å². The highest BCUT2D eigenvalue weighted by Crippen LogP contribution is 2.61. The van der Waals surface area contributed by atoms with Crippen molar-refractivity contribution in [3.05, 3.63) is 33.8 Å². The number of benzene rings is 1. The Morgan fingerprint density at radius 2 is 1.88 bits per heavy atom. The molecule has 0 aromatic heterocycles. The van der Waals surface area contributed by atoms with Gasteiger partial charge >= 0.3 is 0 Å². The Hall–Kier alpha value is -0.240. The van der Waals surface area contributed by atoms with Crippen LogP contribution in [0.15, 0.2) is 18.2 Å². The lowest BCUT2D eigenvalue weighted by atomic mass is 9.98. The summed E-state index contributed by atoms with van der Waals surface area (Å²) in [7, 11) is 0. The molecule has 0 spiro atoms. The van der Waals surface area contributed by atoms with Crippen LogP contribution in [0.1, 0.15) is 30.9 Å². The molecule has 2 aliphatic carbocycles. The highest BCUT2D eigenvalue weighted by Gasteiger charge is 2.55. The van der Waals surface area contributed by atoms with Crippen molar-refractivity contribution in [1.29, 1.82) is 0 Å². The highest BCUT2D eigenvalue weighted by atomic mass is 35.5. The molecule has 0 radical (unpaired) electrons. The smallest absolute Gasteiger partial charge is 0.0454 e. The minimum atomic E-state index is 0.0708. The van der Waals surface area contributed by atoms with Gasteiger partial charge < -0.3 is 5.73 Å². The first kappa shape index (κ1) is 10.9. The lowest BCUT2D eigenvalue weighted by molar-refractivity contribution is 0.502. The molecule has 3 unspecified atom stereocenters. The van der Waals surface area contributed by atoms with Gasteiger partial charge in [-0.05, 0) is 54.4 Å². The first-order chi connectivity index (χ1) is 7.68. The fourth-order valence-corrected chi connectivity index (χ4v) is 3.81. The maximum Gasteiger partial charge on any atom is 0.0454 e. The van der Waals surface area contributed by atoms with Gasteiger partial charge in [-0.15, -0.1) is 0 Å². The Balaban J connectivity index is 1.84. The molecule has 0 saturated heterocycles. The van der Waals surface area contributed by atoms with Crippen molar-refractivity contribution in [2.75, 3.05) is 0 Å². The Morgan fingerprint density at radius 3 is 2.56 bits per heavy atom. The highest BCUT2D eigenvalue weighted by molar-refractivity contribution is 6.33. The quantitative estimate of drug-likeness (QED) is 0.849. The van der Waals surface area contributed by atoms with E-state index in [2.05, 4.69) is 0 Å². The molecule has 2 saturated carbocycles. The van der Waals surface area contributed by atoms with Gasteiger partial charge in [0, 0.05) is 16.1 Å². The van der Waals surface area contributed by atoms with Crippen molar-refractivity contribution in [3.8, 4) is 0 Å². The number of hydrogen-bond donors (Lipinski definition) is 1. The zero-order valence-electron chi connectivity index (χ0n) is 9.00. The molecule has 86 valence electrons. The third-order valence-corrected chi connectivity index (χ3v) is 4.78. The van der Waals surface area contributed by atoms with Gasteiger partial charge in [-0.2, -0.15) is 0 Å². The van der Waals surface area contributed by atoms with Crippen LogP contribution in [0.2, 0.25) is 10.0 Å². The first-order valence-electron chi connectivity index (χ1n) is 5.89. The molecule has 0 aliphatic heterocycles. The maximum absolute atomic E-state index is 6.32. The van der Waals surface area contributed by atoms with Crippen molar-refractivity contribution >= 4 is 23.2 Å². The Morgan fingerprint density at radius 1 is 1.19 bits per heavy atom. The van der Waals surface area contributed by atoms with E-state index < -0.39 is 0 Å². The van der Waals surface area contributed by atoms with E-state index >= 15 is 0 Å². The van der Waals surface area contributed by atoms with E-state index in [-0.39, 0.29) is 6.04 Å². The summed E-state index contributed by atoms with van der Waals surface area (Å²) in [6, 6.07) is 5.65. The summed E-state index contributed by atoms with van der Waals surface area (Å²) in [6.07, 6.45) is 4.07. The van der Waals surface area contributed by atoms with Gasteiger partial charge in [0.25, 0.3) is 0 Å². The van der Waals surface area contributed by atoms with E-state index in [1.807, 2.05) is 18.2 Å². The zero-order chi connectivity index (χ0) is 11.3. The van der Waals surface area contributed by atoms with Crippen LogP contribution in [0, 0.1) is 17.8 Å². The Labute approximate surface area is 106 Å². The fraction of sp³-hybridized carbons (Fsp3) is 0.538. The number of fused-ring (bicyclic) bond motifs is 1. The molecule has 1 nitrogen and oxygen atoms in total. The summed E-state index contributed by atoms with van der Waals surface area (Å²) in [5.41, 5.74) is 7.34. The van der Waals surface area contributed by atoms with Gasteiger partial charge in [-0.1, -0.05) is 29.6 Å². The molecular weight excluding hydrogens is 241 g/mol. The van der Waals surface area contributed by atoms with Crippen molar-refractivity contribution in [3.63, 3.8) is 0 Å². The van der Waals surface area contributed by atoms with Crippen molar-refractivity contribution in [2.45, 2.75) is 25.3 Å². The van der Waals surface area contributed by atoms with E-state index in [9.17, 15) is 0 Å². The number of hydrogen-bond acceptors (Lipinski definition) is 1. The van der Waals surface area contributed by atoms with E-state index in [4.69, 9.17) is 28.9 Å². The topological polar surface area (TPSA) is 26.0 Å². The molecule has 16 heavy (non-hydrogen) atoms. The van der Waals surface area contributed by atoms with Gasteiger partial charge in [0.2, 0.25) is 0 Å². The van der Waals surface area contributed by atoms with Gasteiger partial charge in [0.15, 0.2) is 0 Å². The molecule has 3 rings (SSSR count). The molecule has 2 fully saturated rings. The minimum absolute atomic E-state index is 0.0708. The normalized spacial score (nSPS) is 33.6. The second kappa shape index (κ2) is 3.90. The summed E-state index contributed by atoms with van der Waals surface area (Å²) in [5, 5.41) is 1.47. The largest absolute Gasteiger partial charge is 0.324 e. The van der Waals surface area contributed by atoms with Crippen LogP contribution in [0.25, 0.3) is 0 Å². The molecule has 3 atom stereocenters. The Kier molecular flexibility index (Phi) is 2.66. The summed E-state index contributed by atoms with van der Waals surface area (Å²) >= 11 is 12.2. The van der Waals surface area contributed by atoms with Crippen LogP contribution in [0.3, 0.4) is 0 Å². The van der Waals surface area contributed by atoms with Crippen molar-refractivity contribution < 1.29 is 0 Å². The monoisotopic (exact) mass is 255 g/mol.